The van der Waals surface area contributed by atoms with E-state index in [4.69, 9.17) is 5.11 Å². The maximum absolute atomic E-state index is 7.00. The van der Waals surface area contributed by atoms with Gasteiger partial charge in [-0.15, -0.1) is 0 Å². The van der Waals surface area contributed by atoms with Gasteiger partial charge in [-0.1, -0.05) is 90.1 Å². The maximum atomic E-state index is 7.00. The lowest BCUT2D eigenvalue weighted by Crippen LogP contribution is -2.33. The Hall–Kier alpha value is -2.78. The molecule has 3 nitrogen and oxygen atoms in total. The van der Waals surface area contributed by atoms with Crippen LogP contribution in [-0.4, -0.2) is 18.3 Å². The number of nitrogens with zero attached hydrogens (tertiary/aromatic N) is 1. The average molecular weight is 493 g/mol. The van der Waals surface area contributed by atoms with Crippen molar-refractivity contribution >= 4 is 11.4 Å². The van der Waals surface area contributed by atoms with Gasteiger partial charge in [-0.25, -0.2) is 0 Å². The van der Waals surface area contributed by atoms with Crippen molar-refractivity contribution < 1.29 is 5.11 Å². The van der Waals surface area contributed by atoms with Gasteiger partial charge in [0.05, 0.1) is 0 Å². The Morgan fingerprint density at radius 1 is 1.00 bits per heavy atom. The normalized spacial score (nSPS) is 12.0. The molecular formula is C33H52N2O. The Morgan fingerprint density at radius 3 is 2.11 bits per heavy atom. The van der Waals surface area contributed by atoms with Gasteiger partial charge in [0.15, 0.2) is 0 Å². The van der Waals surface area contributed by atoms with Crippen LogP contribution < -0.4 is 10.2 Å². The molecule has 0 saturated carbocycles. The number of aryl methyl sites for hydroxylation is 1. The minimum atomic E-state index is 0.457. The fraction of sp³-hybridized carbons (Fsp3) is 0.455. The van der Waals surface area contributed by atoms with Crippen molar-refractivity contribution in [3.63, 3.8) is 0 Å². The van der Waals surface area contributed by atoms with Crippen LogP contribution in [0.5, 0.6) is 0 Å². The molecule has 0 heterocycles. The predicted octanol–water partition coefficient (Wildman–Crippen LogP) is 9.25. The zero-order valence-corrected chi connectivity index (χ0v) is 24.6. The fourth-order valence-corrected chi connectivity index (χ4v) is 4.11. The molecule has 200 valence electrons. The quantitative estimate of drug-likeness (QED) is 0.307. The Morgan fingerprint density at radius 2 is 1.61 bits per heavy atom. The van der Waals surface area contributed by atoms with E-state index in [1.807, 2.05) is 32.9 Å². The smallest absolute Gasteiger partial charge is 0.0432 e. The highest BCUT2D eigenvalue weighted by Crippen LogP contribution is 2.27. The lowest BCUT2D eigenvalue weighted by Gasteiger charge is -2.33. The van der Waals surface area contributed by atoms with E-state index in [0.29, 0.717) is 17.9 Å². The molecule has 2 N–H and O–H groups in total. The van der Waals surface area contributed by atoms with Gasteiger partial charge in [0.2, 0.25) is 0 Å². The van der Waals surface area contributed by atoms with E-state index in [1.54, 1.807) is 6.08 Å². The topological polar surface area (TPSA) is 35.5 Å². The first-order chi connectivity index (χ1) is 17.2. The number of aliphatic hydroxyl groups excluding tert-OH is 1. The highest BCUT2D eigenvalue weighted by molar-refractivity contribution is 5.59. The summed E-state index contributed by atoms with van der Waals surface area (Å²) in [6, 6.07) is 16.3. The molecule has 3 heteroatoms. The van der Waals surface area contributed by atoms with Crippen molar-refractivity contribution in [1.82, 2.24) is 0 Å². The summed E-state index contributed by atoms with van der Waals surface area (Å²) in [6.45, 7) is 24.4. The maximum Gasteiger partial charge on any atom is 0.0432 e. The van der Waals surface area contributed by atoms with Gasteiger partial charge in [-0.3, -0.25) is 0 Å². The summed E-state index contributed by atoms with van der Waals surface area (Å²) in [5.74, 6) is 1.20. The number of hydrogen-bond donors (Lipinski definition) is 2. The summed E-state index contributed by atoms with van der Waals surface area (Å²) in [7, 11) is 1.00. The van der Waals surface area contributed by atoms with Crippen LogP contribution in [0.25, 0.3) is 0 Å². The molecule has 1 atom stereocenters. The van der Waals surface area contributed by atoms with Crippen molar-refractivity contribution in [2.45, 2.75) is 87.2 Å². The summed E-state index contributed by atoms with van der Waals surface area (Å²) in [5, 5.41) is 10.5. The molecule has 0 bridgehead atoms. The van der Waals surface area contributed by atoms with E-state index >= 15 is 0 Å². The SMILES string of the molecule is C=C/C=C\C(=C/C)Nc1ccc(N(Cc2cc(C)cc(C(C)C)c2)C(C)CC(C)C)cc1.CC.CO. The van der Waals surface area contributed by atoms with Crippen molar-refractivity contribution in [3.05, 3.63) is 95.7 Å². The molecule has 0 aliphatic carbocycles. The van der Waals surface area contributed by atoms with E-state index in [0.717, 1.165) is 31.5 Å². The minimum Gasteiger partial charge on any atom is -0.400 e. The van der Waals surface area contributed by atoms with Gasteiger partial charge in [0, 0.05) is 36.8 Å². The van der Waals surface area contributed by atoms with Gasteiger partial charge >= 0.3 is 0 Å². The molecule has 0 aliphatic rings. The molecule has 0 spiro atoms. The summed E-state index contributed by atoms with van der Waals surface area (Å²) in [4.78, 5) is 2.55. The Bertz CT molecular complexity index is 923. The van der Waals surface area contributed by atoms with Crippen molar-refractivity contribution in [3.8, 4) is 0 Å². The molecular weight excluding hydrogens is 440 g/mol. The number of anilines is 2. The second-order valence-corrected chi connectivity index (χ2v) is 9.52. The summed E-state index contributed by atoms with van der Waals surface area (Å²) >= 11 is 0. The van der Waals surface area contributed by atoms with E-state index in [-0.39, 0.29) is 0 Å². The molecule has 0 aliphatic heterocycles. The first-order valence-corrected chi connectivity index (χ1v) is 13.4. The average Bonchev–Trinajstić information content (AvgIpc) is 2.87. The molecule has 36 heavy (non-hydrogen) atoms. The lowest BCUT2D eigenvalue weighted by molar-refractivity contribution is 0.399. The van der Waals surface area contributed by atoms with Crippen molar-refractivity contribution in [2.75, 3.05) is 17.3 Å². The fourth-order valence-electron chi connectivity index (χ4n) is 4.11. The third kappa shape index (κ3) is 11.8. The highest BCUT2D eigenvalue weighted by Gasteiger charge is 2.17. The lowest BCUT2D eigenvalue weighted by atomic mass is 9.97. The van der Waals surface area contributed by atoms with Crippen LogP contribution in [0.4, 0.5) is 11.4 Å². The van der Waals surface area contributed by atoms with Crippen LogP contribution in [-0.2, 0) is 6.54 Å². The van der Waals surface area contributed by atoms with Crippen molar-refractivity contribution in [2.24, 2.45) is 5.92 Å². The van der Waals surface area contributed by atoms with E-state index in [1.165, 1.54) is 22.4 Å². The van der Waals surface area contributed by atoms with Gasteiger partial charge in [0.1, 0.15) is 0 Å². The van der Waals surface area contributed by atoms with Crippen LogP contribution in [0.3, 0.4) is 0 Å². The predicted molar refractivity (Wildman–Crippen MR) is 163 cm³/mol. The van der Waals surface area contributed by atoms with Gasteiger partial charge in [0.25, 0.3) is 0 Å². The van der Waals surface area contributed by atoms with Gasteiger partial charge < -0.3 is 15.3 Å². The highest BCUT2D eigenvalue weighted by atomic mass is 16.2. The first kappa shape index (κ1) is 33.2. The molecule has 2 rings (SSSR count). The molecule has 1 unspecified atom stereocenters. The van der Waals surface area contributed by atoms with Crippen LogP contribution in [0.2, 0.25) is 0 Å². The molecule has 2 aromatic rings. The summed E-state index contributed by atoms with van der Waals surface area (Å²) in [5.41, 5.74) is 7.56. The third-order valence-electron chi connectivity index (χ3n) is 5.73. The summed E-state index contributed by atoms with van der Waals surface area (Å²) < 4.78 is 0. The number of aliphatic hydroxyl groups is 1. The zero-order valence-electron chi connectivity index (χ0n) is 24.6. The molecule has 2 aromatic carbocycles. The third-order valence-corrected chi connectivity index (χ3v) is 5.73. The second kappa shape index (κ2) is 18.5. The van der Waals surface area contributed by atoms with E-state index in [2.05, 4.69) is 107 Å². The molecule has 0 radical (unpaired) electrons. The van der Waals surface area contributed by atoms with Gasteiger partial charge in [-0.05, 0) is 80.5 Å². The monoisotopic (exact) mass is 492 g/mol. The molecule has 0 amide bonds. The van der Waals surface area contributed by atoms with Crippen molar-refractivity contribution in [1.29, 1.82) is 0 Å². The zero-order chi connectivity index (χ0) is 27.7. The summed E-state index contributed by atoms with van der Waals surface area (Å²) in [6.07, 6.45) is 8.99. The number of benzene rings is 2. The molecule has 0 aromatic heterocycles. The molecule has 0 fully saturated rings. The van der Waals surface area contributed by atoms with Gasteiger partial charge in [-0.2, -0.15) is 0 Å². The van der Waals surface area contributed by atoms with Crippen LogP contribution in [0.15, 0.2) is 79.0 Å². The Balaban J connectivity index is 0.00000291. The Kier molecular flexibility index (Phi) is 17.1. The second-order valence-electron chi connectivity index (χ2n) is 9.52. The number of allylic oxidation sites excluding steroid dienone is 4. The Labute approximate surface area is 222 Å². The van der Waals surface area contributed by atoms with Crippen LogP contribution in [0, 0.1) is 12.8 Å². The number of nitrogens with one attached hydrogen (secondary N) is 1. The van der Waals surface area contributed by atoms with Crippen LogP contribution >= 0.6 is 0 Å². The largest absolute Gasteiger partial charge is 0.400 e. The first-order valence-electron chi connectivity index (χ1n) is 13.4. The number of rotatable bonds is 11. The van der Waals surface area contributed by atoms with E-state index in [9.17, 15) is 0 Å². The standard InChI is InChI=1S/C30H42N2.C2H6.CH4O/c1-9-11-12-28(10-2)31-29-13-15-30(16-14-29)32(25(8)17-22(3)4)21-26-18-24(7)19-27(20-26)23(5)6;2*1-2/h9-16,18-20,22-23,25,31H,1,17,21H2,2-8H3;1-2H3;2H,1H3/b12-11-,28-10+;;. The number of hydrogen-bond acceptors (Lipinski definition) is 3. The minimum absolute atomic E-state index is 0.457. The van der Waals surface area contributed by atoms with E-state index < -0.39 is 0 Å². The van der Waals surface area contributed by atoms with Crippen LogP contribution in [0.1, 0.15) is 84.4 Å². The molecule has 0 saturated heterocycles.